The molecule has 0 atom stereocenters. The molecule has 1 saturated heterocycles. The number of furan rings is 1. The van der Waals surface area contributed by atoms with Gasteiger partial charge in [-0.3, -0.25) is 9.78 Å². The van der Waals surface area contributed by atoms with E-state index < -0.39 is 0 Å². The molecule has 23 heavy (non-hydrogen) atoms. The van der Waals surface area contributed by atoms with Crippen LogP contribution in [0.4, 0.5) is 0 Å². The van der Waals surface area contributed by atoms with Gasteiger partial charge in [-0.15, -0.1) is 0 Å². The van der Waals surface area contributed by atoms with Gasteiger partial charge in [0.1, 0.15) is 22.6 Å². The number of nitrogens with zero attached hydrogens (tertiary/aromatic N) is 2. The Morgan fingerprint density at radius 1 is 1.39 bits per heavy atom. The Balaban J connectivity index is 1.50. The van der Waals surface area contributed by atoms with E-state index in [2.05, 4.69) is 4.98 Å². The summed E-state index contributed by atoms with van der Waals surface area (Å²) < 4.78 is 11.1. The van der Waals surface area contributed by atoms with Crippen LogP contribution in [0.25, 0.3) is 6.08 Å². The van der Waals surface area contributed by atoms with Crippen LogP contribution < -0.4 is 4.74 Å². The summed E-state index contributed by atoms with van der Waals surface area (Å²) in [6, 6.07) is 5.35. The van der Waals surface area contributed by atoms with E-state index in [9.17, 15) is 4.79 Å². The van der Waals surface area contributed by atoms with Crippen molar-refractivity contribution < 1.29 is 13.9 Å². The smallest absolute Gasteiger partial charge is 0.246 e. The summed E-state index contributed by atoms with van der Waals surface area (Å²) in [5.41, 5.74) is 0. The van der Waals surface area contributed by atoms with Crippen LogP contribution in [0.2, 0.25) is 5.02 Å². The van der Waals surface area contributed by atoms with Gasteiger partial charge in [-0.2, -0.15) is 0 Å². The highest BCUT2D eigenvalue weighted by Gasteiger charge is 2.23. The van der Waals surface area contributed by atoms with E-state index in [0.29, 0.717) is 29.6 Å². The highest BCUT2D eigenvalue weighted by Crippen LogP contribution is 2.26. The molecule has 0 saturated carbocycles. The molecule has 0 unspecified atom stereocenters. The number of rotatable bonds is 4. The second-order valence-electron chi connectivity index (χ2n) is 5.30. The lowest BCUT2D eigenvalue weighted by atomic mass is 10.1. The Hall–Kier alpha value is -2.27. The Bertz CT molecular complexity index is 677. The van der Waals surface area contributed by atoms with Gasteiger partial charge in [-0.05, 0) is 18.2 Å². The van der Waals surface area contributed by atoms with Crippen LogP contribution in [0.1, 0.15) is 18.6 Å². The van der Waals surface area contributed by atoms with Crippen molar-refractivity contribution in [3.63, 3.8) is 0 Å². The van der Waals surface area contributed by atoms with Crippen LogP contribution in [0.3, 0.4) is 0 Å². The summed E-state index contributed by atoms with van der Waals surface area (Å²) >= 11 is 6.04. The lowest BCUT2D eigenvalue weighted by Crippen LogP contribution is -2.41. The molecule has 6 heteroatoms. The van der Waals surface area contributed by atoms with Crippen molar-refractivity contribution in [2.75, 3.05) is 13.1 Å². The maximum absolute atomic E-state index is 12.1. The standard InChI is InChI=1S/C17H17ClN2O3/c18-15-12-19-8-5-16(15)23-14-6-9-20(10-7-14)17(21)4-3-13-2-1-11-22-13/h1-5,8,11-12,14H,6-7,9-10H2. The van der Waals surface area contributed by atoms with Gasteiger partial charge in [0.25, 0.3) is 0 Å². The Labute approximate surface area is 139 Å². The second kappa shape index (κ2) is 7.33. The molecule has 2 aromatic heterocycles. The molecule has 0 N–H and O–H groups in total. The van der Waals surface area contributed by atoms with E-state index >= 15 is 0 Å². The van der Waals surface area contributed by atoms with Crippen LogP contribution in [-0.4, -0.2) is 35.0 Å². The van der Waals surface area contributed by atoms with Gasteiger partial charge in [0.2, 0.25) is 5.91 Å². The normalized spacial score (nSPS) is 16.0. The third kappa shape index (κ3) is 4.13. The number of piperidine rings is 1. The predicted molar refractivity (Wildman–Crippen MR) is 87.2 cm³/mol. The highest BCUT2D eigenvalue weighted by molar-refractivity contribution is 6.31. The summed E-state index contributed by atoms with van der Waals surface area (Å²) in [5, 5.41) is 0.507. The first-order valence-electron chi connectivity index (χ1n) is 7.49. The van der Waals surface area contributed by atoms with E-state index in [4.69, 9.17) is 20.8 Å². The van der Waals surface area contributed by atoms with Crippen LogP contribution in [0, 0.1) is 0 Å². The van der Waals surface area contributed by atoms with Crippen LogP contribution in [0.15, 0.2) is 47.3 Å². The van der Waals surface area contributed by atoms with Crippen LogP contribution >= 0.6 is 11.6 Å². The molecule has 3 heterocycles. The van der Waals surface area contributed by atoms with Crippen LogP contribution in [-0.2, 0) is 4.79 Å². The summed E-state index contributed by atoms with van der Waals surface area (Å²) in [6.07, 6.45) is 9.64. The maximum Gasteiger partial charge on any atom is 0.246 e. The molecule has 0 spiro atoms. The van der Waals surface area contributed by atoms with Crippen molar-refractivity contribution >= 4 is 23.6 Å². The number of halogens is 1. The largest absolute Gasteiger partial charge is 0.489 e. The van der Waals surface area contributed by atoms with Gasteiger partial charge in [-0.1, -0.05) is 11.6 Å². The molecule has 2 aromatic rings. The summed E-state index contributed by atoms with van der Waals surface area (Å²) in [6.45, 7) is 1.32. The molecular formula is C17H17ClN2O3. The van der Waals surface area contributed by atoms with Gasteiger partial charge >= 0.3 is 0 Å². The van der Waals surface area contributed by atoms with Gasteiger partial charge in [0.05, 0.1) is 6.26 Å². The molecule has 1 fully saturated rings. The first-order chi connectivity index (χ1) is 11.2. The van der Waals surface area contributed by atoms with Crippen molar-refractivity contribution in [3.05, 3.63) is 53.7 Å². The number of amides is 1. The molecule has 0 radical (unpaired) electrons. The van der Waals surface area contributed by atoms with Crippen molar-refractivity contribution in [1.29, 1.82) is 0 Å². The number of likely N-dealkylation sites (tertiary alicyclic amines) is 1. The number of aromatic nitrogens is 1. The molecule has 5 nitrogen and oxygen atoms in total. The summed E-state index contributed by atoms with van der Waals surface area (Å²) in [7, 11) is 0. The number of hydrogen-bond acceptors (Lipinski definition) is 4. The van der Waals surface area contributed by atoms with Crippen LogP contribution in [0.5, 0.6) is 5.75 Å². The van der Waals surface area contributed by atoms with Gasteiger partial charge < -0.3 is 14.1 Å². The SMILES string of the molecule is O=C(C=Cc1ccco1)N1CCC(Oc2ccncc2Cl)CC1. The van der Waals surface area contributed by atoms with Gasteiger partial charge in [0, 0.05) is 50.5 Å². The Morgan fingerprint density at radius 2 is 2.22 bits per heavy atom. The zero-order valence-corrected chi connectivity index (χ0v) is 13.3. The number of carbonyl (C=O) groups excluding carboxylic acids is 1. The molecule has 0 aromatic carbocycles. The minimum Gasteiger partial charge on any atom is -0.489 e. The summed E-state index contributed by atoms with van der Waals surface area (Å²) in [4.78, 5) is 17.9. The Morgan fingerprint density at radius 3 is 2.91 bits per heavy atom. The van der Waals surface area contributed by atoms with Gasteiger partial charge in [-0.25, -0.2) is 0 Å². The fourth-order valence-corrected chi connectivity index (χ4v) is 2.64. The number of pyridine rings is 1. The quantitative estimate of drug-likeness (QED) is 0.805. The lowest BCUT2D eigenvalue weighted by molar-refractivity contribution is -0.127. The van der Waals surface area contributed by atoms with E-state index in [0.717, 1.165) is 12.8 Å². The minimum atomic E-state index is -0.0122. The van der Waals surface area contributed by atoms with E-state index in [1.807, 2.05) is 11.0 Å². The number of carbonyl (C=O) groups is 1. The predicted octanol–water partition coefficient (Wildman–Crippen LogP) is 3.41. The lowest BCUT2D eigenvalue weighted by Gasteiger charge is -2.31. The molecule has 0 aliphatic carbocycles. The Kier molecular flexibility index (Phi) is 4.98. The average Bonchev–Trinajstić information content (AvgIpc) is 3.09. The molecule has 0 bridgehead atoms. The first kappa shape index (κ1) is 15.6. The minimum absolute atomic E-state index is 0.0122. The van der Waals surface area contributed by atoms with Crippen molar-refractivity contribution in [1.82, 2.24) is 9.88 Å². The van der Waals surface area contributed by atoms with Crippen molar-refractivity contribution in [2.45, 2.75) is 18.9 Å². The maximum atomic E-state index is 12.1. The molecule has 1 aliphatic rings. The number of hydrogen-bond donors (Lipinski definition) is 0. The molecule has 1 aliphatic heterocycles. The molecular weight excluding hydrogens is 316 g/mol. The van der Waals surface area contributed by atoms with Gasteiger partial charge in [0.15, 0.2) is 0 Å². The van der Waals surface area contributed by atoms with Crippen molar-refractivity contribution in [3.8, 4) is 5.75 Å². The summed E-state index contributed by atoms with van der Waals surface area (Å²) in [5.74, 6) is 1.30. The topological polar surface area (TPSA) is 55.6 Å². The third-order valence-corrected chi connectivity index (χ3v) is 4.00. The second-order valence-corrected chi connectivity index (χ2v) is 5.70. The zero-order chi connectivity index (χ0) is 16.1. The first-order valence-corrected chi connectivity index (χ1v) is 7.87. The third-order valence-electron chi connectivity index (χ3n) is 3.72. The zero-order valence-electron chi connectivity index (χ0n) is 12.5. The fraction of sp³-hybridized carbons (Fsp3) is 0.294. The molecule has 1 amide bonds. The monoisotopic (exact) mass is 332 g/mol. The highest BCUT2D eigenvalue weighted by atomic mass is 35.5. The van der Waals surface area contributed by atoms with E-state index in [1.165, 1.54) is 0 Å². The molecule has 3 rings (SSSR count). The number of ether oxygens (including phenoxy) is 1. The van der Waals surface area contributed by atoms with E-state index in [-0.39, 0.29) is 12.0 Å². The van der Waals surface area contributed by atoms with E-state index in [1.54, 1.807) is 42.9 Å². The average molecular weight is 333 g/mol. The van der Waals surface area contributed by atoms with Crippen molar-refractivity contribution in [2.24, 2.45) is 0 Å². The molecule has 120 valence electrons. The fourth-order valence-electron chi connectivity index (χ4n) is 2.48.